The highest BCUT2D eigenvalue weighted by Crippen LogP contribution is 2.51. The van der Waals surface area contributed by atoms with Gasteiger partial charge in [0.1, 0.15) is 65.4 Å². The van der Waals surface area contributed by atoms with Crippen LogP contribution in [0.2, 0.25) is 5.04 Å². The number of nitrogens with zero attached hydrogens (tertiary/aromatic N) is 4. The molecule has 0 aliphatic carbocycles. The van der Waals surface area contributed by atoms with E-state index in [0.717, 1.165) is 31.6 Å². The second kappa shape index (κ2) is 28.0. The summed E-state index contributed by atoms with van der Waals surface area (Å²) in [6.45, 7) is 7.49. The van der Waals surface area contributed by atoms with Gasteiger partial charge in [0.05, 0.1) is 27.4 Å². The van der Waals surface area contributed by atoms with E-state index >= 15 is 4.57 Å². The quantitative estimate of drug-likeness (QED) is 0.0237. The van der Waals surface area contributed by atoms with Crippen molar-refractivity contribution in [2.75, 3.05) is 44.7 Å². The molecule has 2 aliphatic heterocycles. The molecule has 2 fully saturated rings. The molecule has 9 atom stereocenters. The summed E-state index contributed by atoms with van der Waals surface area (Å²) in [5.41, 5.74) is 1.22. The number of hydrogen-bond donors (Lipinski definition) is 4. The molecule has 4 heterocycles. The van der Waals surface area contributed by atoms with Gasteiger partial charge in [-0.3, -0.25) is 18.2 Å². The van der Waals surface area contributed by atoms with Gasteiger partial charge in [0.25, 0.3) is 8.32 Å². The Hall–Kier alpha value is -8.37. The van der Waals surface area contributed by atoms with Gasteiger partial charge in [-0.05, 0) is 79.6 Å². The third kappa shape index (κ3) is 13.9. The molecule has 1 unspecified atom stereocenters. The molecule has 0 amide bonds. The van der Waals surface area contributed by atoms with E-state index in [2.05, 4.69) is 41.4 Å². The largest absolute Gasteiger partial charge is 0.497 e. The van der Waals surface area contributed by atoms with Crippen molar-refractivity contribution in [1.29, 1.82) is 0 Å². The first-order valence-electron chi connectivity index (χ1n) is 30.1. The van der Waals surface area contributed by atoms with Crippen LogP contribution in [-0.2, 0) is 50.9 Å². The molecule has 0 radical (unpaired) electrons. The Morgan fingerprint density at radius 2 is 0.934 bits per heavy atom. The van der Waals surface area contributed by atoms with Crippen molar-refractivity contribution in [1.82, 2.24) is 19.1 Å². The number of aromatic nitrogens is 4. The fraction of sp³-hybridized carbons (Fsp3) is 0.286. The molecule has 7 aromatic carbocycles. The molecular formula is C70H75N6O13PSi. The van der Waals surface area contributed by atoms with Gasteiger partial charge in [-0.1, -0.05) is 197 Å². The Balaban J connectivity index is 0.938. The molecule has 91 heavy (non-hydrogen) atoms. The minimum atomic E-state index is -4.42. The Labute approximate surface area is 529 Å². The van der Waals surface area contributed by atoms with Gasteiger partial charge >= 0.3 is 19.0 Å². The smallest absolute Gasteiger partial charge is 0.351 e. The van der Waals surface area contributed by atoms with Crippen molar-refractivity contribution >= 4 is 37.9 Å². The minimum absolute atomic E-state index is 0.288. The van der Waals surface area contributed by atoms with E-state index in [9.17, 15) is 19.8 Å². The number of benzene rings is 7. The fourth-order valence-corrected chi connectivity index (χ4v) is 18.0. The van der Waals surface area contributed by atoms with Crippen LogP contribution < -0.4 is 41.9 Å². The number of methoxy groups -OCH3 is 2. The molecule has 11 rings (SSSR count). The maximum atomic E-state index is 15.4. The zero-order valence-electron chi connectivity index (χ0n) is 51.4. The molecule has 2 saturated heterocycles. The van der Waals surface area contributed by atoms with E-state index < -0.39 is 93.6 Å². The first kappa shape index (κ1) is 64.2. The summed E-state index contributed by atoms with van der Waals surface area (Å²) in [6.07, 6.45) is -8.26. The van der Waals surface area contributed by atoms with Gasteiger partial charge in [0.2, 0.25) is 0 Å². The highest BCUT2D eigenvalue weighted by Gasteiger charge is 2.57. The monoisotopic (exact) mass is 1270 g/mol. The van der Waals surface area contributed by atoms with E-state index in [-0.39, 0.29) is 12.4 Å². The van der Waals surface area contributed by atoms with Crippen molar-refractivity contribution in [3.8, 4) is 11.5 Å². The van der Waals surface area contributed by atoms with Crippen LogP contribution in [0.4, 0.5) is 11.6 Å². The number of anilines is 2. The lowest BCUT2D eigenvalue weighted by atomic mass is 9.80. The average Bonchev–Trinajstić information content (AvgIpc) is 1.74. The summed E-state index contributed by atoms with van der Waals surface area (Å²) >= 11 is 0. The van der Waals surface area contributed by atoms with E-state index in [1.807, 2.05) is 200 Å². The van der Waals surface area contributed by atoms with E-state index in [0.29, 0.717) is 41.5 Å². The lowest BCUT2D eigenvalue weighted by Crippen LogP contribution is -2.69. The Morgan fingerprint density at radius 3 is 1.35 bits per heavy atom. The SMILES string of the molecule is COc1ccc(C(OC[C@H]2O[C@@H](n3ccc(NCc4ccccc4)nc3=O)[C@H](O)[C@@H]2OP(C)(=O)OC[C@H]2O[C@@H](n3ccc(NCc4ccccc4)nc3=O)[C@H](O)[C@@H]2O[Si](c2ccccc2)(c2ccccc2)C(C)(C)C)(c2ccccc2)c2ccc(OC)cc2)cc1. The normalized spacial score (nSPS) is 20.8. The van der Waals surface area contributed by atoms with Gasteiger partial charge < -0.3 is 53.5 Å². The van der Waals surface area contributed by atoms with Crippen molar-refractivity contribution in [3.05, 3.63) is 274 Å². The number of aliphatic hydroxyl groups excluding tert-OH is 2. The van der Waals surface area contributed by atoms with Crippen LogP contribution >= 0.6 is 7.60 Å². The molecular weight excluding hydrogens is 1190 g/mol. The molecule has 0 bridgehead atoms. The molecule has 0 spiro atoms. The number of hydrogen-bond acceptors (Lipinski definition) is 17. The van der Waals surface area contributed by atoms with Crippen LogP contribution in [0.15, 0.2) is 234 Å². The summed E-state index contributed by atoms with van der Waals surface area (Å²) in [5, 5.41) is 33.0. The highest BCUT2D eigenvalue weighted by atomic mass is 31.2. The molecule has 19 nitrogen and oxygen atoms in total. The topological polar surface area (TPSA) is 225 Å². The Morgan fingerprint density at radius 1 is 0.538 bits per heavy atom. The molecule has 4 N–H and O–H groups in total. The van der Waals surface area contributed by atoms with E-state index in [4.69, 9.17) is 37.2 Å². The summed E-state index contributed by atoms with van der Waals surface area (Å²) in [6, 6.07) is 66.7. The standard InChI is InChI=1S/C70H75N6O13PSi/c1-69(2,3)91(55-28-18-10-19-29-55,56-30-20-11-21-31-56)89-64-58(87-66(62(64)78)76-43-41-60(74-68(76)80)72-45-49-24-14-8-15-25-49)47-85-90(6,81)88-63-57(86-65(61(63)77)75-42-40-59(73-67(75)79)71-44-48-22-12-7-13-23-48)46-84-70(50-26-16-9-17-27-50,51-32-36-53(82-4)37-33-51)52-34-38-54(83-5)39-35-52/h7-43,57-58,61-66,77-78H,44-47H2,1-6H3,(H,71,73,79)(H,72,74,80)/t57-,58-,61-,62-,63-,64-,65-,66-,90?/m1/s1. The minimum Gasteiger partial charge on any atom is -0.497 e. The molecule has 2 aliphatic rings. The number of ether oxygens (including phenoxy) is 5. The third-order valence-electron chi connectivity index (χ3n) is 16.6. The first-order valence-corrected chi connectivity index (χ1v) is 34.0. The van der Waals surface area contributed by atoms with Gasteiger partial charge in [-0.15, -0.1) is 0 Å². The van der Waals surface area contributed by atoms with Gasteiger partial charge in [-0.2, -0.15) is 9.97 Å². The molecule has 21 heteroatoms. The van der Waals surface area contributed by atoms with Crippen LogP contribution in [0.25, 0.3) is 0 Å². The fourth-order valence-electron chi connectivity index (χ4n) is 12.1. The van der Waals surface area contributed by atoms with Gasteiger partial charge in [-0.25, -0.2) is 9.59 Å². The summed E-state index contributed by atoms with van der Waals surface area (Å²) in [4.78, 5) is 36.9. The molecule has 2 aromatic heterocycles. The summed E-state index contributed by atoms with van der Waals surface area (Å²) in [7, 11) is -4.77. The maximum absolute atomic E-state index is 15.4. The number of nitrogens with one attached hydrogen (secondary N) is 2. The van der Waals surface area contributed by atoms with E-state index in [1.54, 1.807) is 26.4 Å². The third-order valence-corrected chi connectivity index (χ3v) is 22.9. The van der Waals surface area contributed by atoms with Gasteiger partial charge in [0.15, 0.2) is 12.5 Å². The summed E-state index contributed by atoms with van der Waals surface area (Å²) in [5.74, 6) is 1.82. The lowest BCUT2D eigenvalue weighted by molar-refractivity contribution is -0.0950. The second-order valence-electron chi connectivity index (χ2n) is 23.5. The van der Waals surface area contributed by atoms with Crippen molar-refractivity contribution in [2.45, 2.75) is 93.6 Å². The van der Waals surface area contributed by atoms with Crippen LogP contribution in [0.1, 0.15) is 61.0 Å². The van der Waals surface area contributed by atoms with Crippen molar-refractivity contribution in [3.63, 3.8) is 0 Å². The van der Waals surface area contributed by atoms with Crippen molar-refractivity contribution in [2.24, 2.45) is 0 Å². The number of aliphatic hydroxyl groups is 2. The predicted octanol–water partition coefficient (Wildman–Crippen LogP) is 9.44. The van der Waals surface area contributed by atoms with Crippen molar-refractivity contribution < 1.29 is 51.9 Å². The number of rotatable bonds is 25. The first-order chi connectivity index (χ1) is 44.0. The molecule has 9 aromatic rings. The van der Waals surface area contributed by atoms with Crippen LogP contribution in [0.3, 0.4) is 0 Å². The highest BCUT2D eigenvalue weighted by molar-refractivity contribution is 7.53. The van der Waals surface area contributed by atoms with Crippen LogP contribution in [0.5, 0.6) is 11.5 Å². The molecule has 472 valence electrons. The zero-order chi connectivity index (χ0) is 63.8. The molecule has 0 saturated carbocycles. The predicted molar refractivity (Wildman–Crippen MR) is 349 cm³/mol. The Kier molecular flexibility index (Phi) is 19.8. The lowest BCUT2D eigenvalue weighted by Gasteiger charge is -2.45. The van der Waals surface area contributed by atoms with Crippen LogP contribution in [0, 0.1) is 0 Å². The summed E-state index contributed by atoms with van der Waals surface area (Å²) < 4.78 is 70.3. The zero-order valence-corrected chi connectivity index (χ0v) is 53.3. The second-order valence-corrected chi connectivity index (χ2v) is 29.8. The van der Waals surface area contributed by atoms with E-state index in [1.165, 1.54) is 23.6 Å². The Bertz CT molecular complexity index is 3920. The van der Waals surface area contributed by atoms with Crippen LogP contribution in [-0.4, -0.2) is 108 Å². The maximum Gasteiger partial charge on any atom is 0.351 e. The average molecular weight is 1270 g/mol. The van der Waals surface area contributed by atoms with Gasteiger partial charge in [0, 0.05) is 32.1 Å².